The maximum absolute atomic E-state index is 2.44. The van der Waals surface area contributed by atoms with Gasteiger partial charge < -0.3 is 9.13 Å². The van der Waals surface area contributed by atoms with Crippen LogP contribution in [-0.4, -0.2) is 45.7 Å². The van der Waals surface area contributed by atoms with Crippen molar-refractivity contribution in [3.8, 4) is 0 Å². The third kappa shape index (κ3) is 2.07. The van der Waals surface area contributed by atoms with Gasteiger partial charge in [-0.1, -0.05) is 44.2 Å². The Balaban J connectivity index is 3.34. The highest BCUT2D eigenvalue weighted by atomic mass is 28.3. The summed E-state index contributed by atoms with van der Waals surface area (Å²) in [5, 5.41) is 1.49. The molecule has 3 heteroatoms. The topological polar surface area (TPSA) is 6.48 Å². The average Bonchev–Trinajstić information content (AvgIpc) is 2.18. The van der Waals surface area contributed by atoms with Gasteiger partial charge in [0.05, 0.1) is 0 Å². The van der Waals surface area contributed by atoms with Crippen molar-refractivity contribution in [3.05, 3.63) is 30.3 Å². The van der Waals surface area contributed by atoms with Crippen molar-refractivity contribution in [1.29, 1.82) is 0 Å². The number of hydrogen-bond donors (Lipinski definition) is 0. The number of nitrogens with zero attached hydrogens (tertiary/aromatic N) is 2. The van der Waals surface area contributed by atoms with Gasteiger partial charge in [0, 0.05) is 0 Å². The lowest BCUT2D eigenvalue weighted by Gasteiger charge is -2.46. The standard InChI is InChI=1S/C13H24N2Si/c1-12(2)16(14(3)4,15(5)6)13-10-8-7-9-11-13/h7-12H,1-6H3. The molecular weight excluding hydrogens is 212 g/mol. The van der Waals surface area contributed by atoms with Crippen molar-refractivity contribution in [3.63, 3.8) is 0 Å². The van der Waals surface area contributed by atoms with Crippen molar-refractivity contribution in [2.24, 2.45) is 0 Å². The van der Waals surface area contributed by atoms with Crippen LogP contribution in [-0.2, 0) is 0 Å². The third-order valence-electron chi connectivity index (χ3n) is 3.37. The molecule has 0 aliphatic rings. The van der Waals surface area contributed by atoms with Crippen LogP contribution < -0.4 is 5.19 Å². The highest BCUT2D eigenvalue weighted by Gasteiger charge is 2.44. The molecule has 0 amide bonds. The first-order valence-corrected chi connectivity index (χ1v) is 7.81. The minimum atomic E-state index is -1.74. The lowest BCUT2D eigenvalue weighted by atomic mass is 10.4. The highest BCUT2D eigenvalue weighted by Crippen LogP contribution is 2.24. The molecular formula is C13H24N2Si. The normalized spacial score (nSPS) is 12.8. The summed E-state index contributed by atoms with van der Waals surface area (Å²) in [6, 6.07) is 10.9. The van der Waals surface area contributed by atoms with E-state index in [1.165, 1.54) is 5.19 Å². The fourth-order valence-corrected chi connectivity index (χ4v) is 8.21. The summed E-state index contributed by atoms with van der Waals surface area (Å²) in [7, 11) is 7.09. The van der Waals surface area contributed by atoms with Crippen LogP contribution in [0.1, 0.15) is 13.8 Å². The van der Waals surface area contributed by atoms with Crippen LogP contribution in [0.4, 0.5) is 0 Å². The van der Waals surface area contributed by atoms with Gasteiger partial charge >= 0.3 is 0 Å². The Morgan fingerprint density at radius 2 is 1.31 bits per heavy atom. The first kappa shape index (κ1) is 13.4. The van der Waals surface area contributed by atoms with Crippen molar-refractivity contribution >= 4 is 13.6 Å². The molecule has 0 aromatic heterocycles. The second-order valence-corrected chi connectivity index (χ2v) is 10.0. The molecule has 0 aliphatic heterocycles. The van der Waals surface area contributed by atoms with Gasteiger partial charge in [-0.15, -0.1) is 0 Å². The fraction of sp³-hybridized carbons (Fsp3) is 0.538. The molecule has 0 aliphatic carbocycles. The van der Waals surface area contributed by atoms with Gasteiger partial charge in [0.25, 0.3) is 0 Å². The van der Waals surface area contributed by atoms with Gasteiger partial charge in [-0.2, -0.15) is 0 Å². The maximum atomic E-state index is 2.44. The second-order valence-electron chi connectivity index (χ2n) is 5.04. The third-order valence-corrected chi connectivity index (χ3v) is 8.89. The molecule has 0 bridgehead atoms. The SMILES string of the molecule is CC(C)[Si](c1ccccc1)(N(C)C)N(C)C. The van der Waals surface area contributed by atoms with Crippen LogP contribution in [0.15, 0.2) is 30.3 Å². The van der Waals surface area contributed by atoms with E-state index in [4.69, 9.17) is 0 Å². The maximum Gasteiger partial charge on any atom is 0.241 e. The van der Waals surface area contributed by atoms with Gasteiger partial charge in [-0.3, -0.25) is 0 Å². The van der Waals surface area contributed by atoms with E-state index in [0.29, 0.717) is 5.54 Å². The molecule has 0 unspecified atom stereocenters. The van der Waals surface area contributed by atoms with Crippen molar-refractivity contribution in [1.82, 2.24) is 9.13 Å². The molecule has 0 saturated carbocycles. The molecule has 16 heavy (non-hydrogen) atoms. The smallest absolute Gasteiger partial charge is 0.241 e. The van der Waals surface area contributed by atoms with Crippen LogP contribution in [0.2, 0.25) is 5.54 Å². The lowest BCUT2D eigenvalue weighted by molar-refractivity contribution is 0.478. The highest BCUT2D eigenvalue weighted by molar-refractivity contribution is 6.88. The molecule has 0 atom stereocenters. The van der Waals surface area contributed by atoms with E-state index < -0.39 is 8.40 Å². The van der Waals surface area contributed by atoms with Gasteiger partial charge in [-0.05, 0) is 38.9 Å². The van der Waals surface area contributed by atoms with Crippen LogP contribution >= 0.6 is 0 Å². The number of hydrogen-bond acceptors (Lipinski definition) is 2. The van der Waals surface area contributed by atoms with Crippen LogP contribution in [0.3, 0.4) is 0 Å². The summed E-state index contributed by atoms with van der Waals surface area (Å²) in [6.45, 7) is 4.67. The predicted octanol–water partition coefficient (Wildman–Crippen LogP) is 1.87. The quantitative estimate of drug-likeness (QED) is 0.737. The van der Waals surface area contributed by atoms with Crippen molar-refractivity contribution < 1.29 is 0 Å². The Morgan fingerprint density at radius 1 is 0.875 bits per heavy atom. The molecule has 90 valence electrons. The summed E-state index contributed by atoms with van der Waals surface area (Å²) < 4.78 is 4.88. The van der Waals surface area contributed by atoms with Crippen LogP contribution in [0.5, 0.6) is 0 Å². The van der Waals surface area contributed by atoms with Gasteiger partial charge in [0.15, 0.2) is 0 Å². The zero-order valence-corrected chi connectivity index (χ0v) is 12.4. The molecule has 2 nitrogen and oxygen atoms in total. The zero-order chi connectivity index (χ0) is 12.3. The largest absolute Gasteiger partial charge is 0.313 e. The van der Waals surface area contributed by atoms with E-state index in [-0.39, 0.29) is 0 Å². The second kappa shape index (κ2) is 5.12. The summed E-state index contributed by atoms with van der Waals surface area (Å²) >= 11 is 0. The minimum Gasteiger partial charge on any atom is -0.313 e. The summed E-state index contributed by atoms with van der Waals surface area (Å²) in [5.41, 5.74) is 0.653. The van der Waals surface area contributed by atoms with Gasteiger partial charge in [0.2, 0.25) is 8.40 Å². The zero-order valence-electron chi connectivity index (χ0n) is 11.4. The monoisotopic (exact) mass is 236 g/mol. The van der Waals surface area contributed by atoms with E-state index in [1.807, 2.05) is 0 Å². The number of rotatable bonds is 4. The first-order chi connectivity index (χ1) is 7.44. The molecule has 1 aromatic carbocycles. The van der Waals surface area contributed by atoms with E-state index in [9.17, 15) is 0 Å². The predicted molar refractivity (Wildman–Crippen MR) is 74.3 cm³/mol. The Hall–Kier alpha value is -0.643. The molecule has 0 heterocycles. The fourth-order valence-electron chi connectivity index (χ4n) is 2.97. The molecule has 1 aromatic rings. The summed E-state index contributed by atoms with van der Waals surface area (Å²) in [6.07, 6.45) is 0. The molecule has 0 saturated heterocycles. The molecule has 0 radical (unpaired) electrons. The average molecular weight is 236 g/mol. The van der Waals surface area contributed by atoms with Crippen molar-refractivity contribution in [2.45, 2.75) is 19.4 Å². The molecule has 0 fully saturated rings. The van der Waals surface area contributed by atoms with E-state index in [0.717, 1.165) is 0 Å². The van der Waals surface area contributed by atoms with Crippen LogP contribution in [0, 0.1) is 0 Å². The van der Waals surface area contributed by atoms with Crippen LogP contribution in [0.25, 0.3) is 0 Å². The molecule has 1 rings (SSSR count). The Bertz CT molecular complexity index is 298. The van der Waals surface area contributed by atoms with E-state index in [2.05, 4.69) is 81.5 Å². The van der Waals surface area contributed by atoms with E-state index >= 15 is 0 Å². The Morgan fingerprint density at radius 3 is 1.62 bits per heavy atom. The summed E-state index contributed by atoms with van der Waals surface area (Å²) in [5.74, 6) is 0. The molecule has 0 N–H and O–H groups in total. The van der Waals surface area contributed by atoms with E-state index in [1.54, 1.807) is 0 Å². The minimum absolute atomic E-state index is 0.653. The van der Waals surface area contributed by atoms with Gasteiger partial charge in [0.1, 0.15) is 0 Å². The van der Waals surface area contributed by atoms with Gasteiger partial charge in [-0.25, -0.2) is 0 Å². The summed E-state index contributed by atoms with van der Waals surface area (Å²) in [4.78, 5) is 0. The number of benzene rings is 1. The lowest BCUT2D eigenvalue weighted by Crippen LogP contribution is -2.70. The molecule has 0 spiro atoms. The first-order valence-electron chi connectivity index (χ1n) is 5.84. The van der Waals surface area contributed by atoms with Crippen molar-refractivity contribution in [2.75, 3.05) is 28.2 Å². The Kier molecular flexibility index (Phi) is 4.30. The Labute approximate surface area is 101 Å².